The Labute approximate surface area is 157 Å². The zero-order valence-corrected chi connectivity index (χ0v) is 15.5. The molecular weight excluding hydrogens is 408 g/mol. The summed E-state index contributed by atoms with van der Waals surface area (Å²) in [5.41, 5.74) is 1.88. The third kappa shape index (κ3) is 3.90. The van der Waals surface area contributed by atoms with Crippen molar-refractivity contribution in [2.75, 3.05) is 0 Å². The molecule has 120 valence electrons. The van der Waals surface area contributed by atoms with Gasteiger partial charge in [-0.15, -0.1) is 0 Å². The minimum atomic E-state index is 0.390. The zero-order valence-electron chi connectivity index (χ0n) is 12.4. The maximum Gasteiger partial charge on any atom is 0.216 e. The van der Waals surface area contributed by atoms with Crippen molar-refractivity contribution >= 4 is 52.0 Å². The zero-order chi connectivity index (χ0) is 16.9. The van der Waals surface area contributed by atoms with Gasteiger partial charge in [0.2, 0.25) is 4.77 Å². The van der Waals surface area contributed by atoms with Gasteiger partial charge in [0.25, 0.3) is 0 Å². The lowest BCUT2D eigenvalue weighted by Gasteiger charge is -2.03. The number of nitrogens with zero attached hydrogens (tertiary/aromatic N) is 3. The van der Waals surface area contributed by atoms with Crippen LogP contribution in [0.4, 0.5) is 0 Å². The van der Waals surface area contributed by atoms with Crippen molar-refractivity contribution in [3.8, 4) is 11.4 Å². The molecule has 0 amide bonds. The van der Waals surface area contributed by atoms with E-state index in [2.05, 4.69) is 31.2 Å². The van der Waals surface area contributed by atoms with Crippen LogP contribution in [0.3, 0.4) is 0 Å². The summed E-state index contributed by atoms with van der Waals surface area (Å²) in [5, 5.41) is 11.8. The molecule has 1 aromatic heterocycles. The minimum absolute atomic E-state index is 0.390. The molecule has 2 aromatic carbocycles. The summed E-state index contributed by atoms with van der Waals surface area (Å²) in [6.45, 7) is 0. The molecule has 7 heteroatoms. The lowest BCUT2D eigenvalue weighted by atomic mass is 10.2. The number of aromatic nitrogens is 3. The normalized spacial score (nSPS) is 12.0. The molecule has 24 heavy (non-hydrogen) atoms. The largest absolute Gasteiger partial charge is 0.250 e. The number of benzene rings is 2. The Kier molecular flexibility index (Phi) is 5.40. The Morgan fingerprint density at radius 2 is 1.88 bits per heavy atom. The highest BCUT2D eigenvalue weighted by atomic mass is 79.9. The molecular formula is C17H12BrClN4S. The van der Waals surface area contributed by atoms with Crippen LogP contribution >= 0.6 is 39.7 Å². The fraction of sp³-hybridized carbons (Fsp3) is 0. The summed E-state index contributed by atoms with van der Waals surface area (Å²) in [6, 6.07) is 17.5. The van der Waals surface area contributed by atoms with Crippen LogP contribution in [0, 0.1) is 4.77 Å². The van der Waals surface area contributed by atoms with Crippen molar-refractivity contribution in [3.63, 3.8) is 0 Å². The van der Waals surface area contributed by atoms with Crippen molar-refractivity contribution in [1.29, 1.82) is 0 Å². The second-order valence-corrected chi connectivity index (χ2v) is 6.51. The molecule has 0 bridgehead atoms. The van der Waals surface area contributed by atoms with Gasteiger partial charge in [0.15, 0.2) is 5.82 Å². The number of halogens is 2. The molecule has 4 nitrogen and oxygen atoms in total. The Morgan fingerprint density at radius 3 is 2.62 bits per heavy atom. The van der Waals surface area contributed by atoms with Gasteiger partial charge in [-0.05, 0) is 36.0 Å². The average molecular weight is 420 g/mol. The number of nitrogens with one attached hydrogen (secondary N) is 1. The van der Waals surface area contributed by atoms with E-state index in [9.17, 15) is 0 Å². The van der Waals surface area contributed by atoms with Crippen LogP contribution in [0.5, 0.6) is 0 Å². The van der Waals surface area contributed by atoms with Gasteiger partial charge in [0.05, 0.1) is 11.2 Å². The second kappa shape index (κ2) is 7.70. The first-order chi connectivity index (χ1) is 11.6. The minimum Gasteiger partial charge on any atom is -0.250 e. The lowest BCUT2D eigenvalue weighted by molar-refractivity contribution is 0.871. The van der Waals surface area contributed by atoms with Gasteiger partial charge < -0.3 is 0 Å². The predicted octanol–water partition coefficient (Wildman–Crippen LogP) is 5.48. The summed E-state index contributed by atoms with van der Waals surface area (Å²) >= 11 is 15.0. The third-order valence-corrected chi connectivity index (χ3v) is 4.33. The van der Waals surface area contributed by atoms with Crippen molar-refractivity contribution in [2.45, 2.75) is 0 Å². The van der Waals surface area contributed by atoms with Crippen LogP contribution in [0.2, 0.25) is 0 Å². The molecule has 0 saturated carbocycles. The van der Waals surface area contributed by atoms with E-state index < -0.39 is 0 Å². The summed E-state index contributed by atoms with van der Waals surface area (Å²) < 4.78 is 2.83. The van der Waals surface area contributed by atoms with E-state index in [1.165, 1.54) is 4.68 Å². The highest BCUT2D eigenvalue weighted by Crippen LogP contribution is 2.26. The van der Waals surface area contributed by atoms with E-state index in [0.717, 1.165) is 15.6 Å². The molecule has 0 aliphatic carbocycles. The van der Waals surface area contributed by atoms with Crippen LogP contribution in [0.15, 0.2) is 69.2 Å². The highest BCUT2D eigenvalue weighted by Gasteiger charge is 2.10. The van der Waals surface area contributed by atoms with E-state index in [1.807, 2.05) is 60.7 Å². The van der Waals surface area contributed by atoms with Crippen LogP contribution in [-0.2, 0) is 0 Å². The molecule has 0 aliphatic rings. The lowest BCUT2D eigenvalue weighted by Crippen LogP contribution is -1.95. The SMILES string of the molecule is S=c1[nH]nc(-c2ccccc2Br)n1/N=C/C(Cl)=C\c1ccccc1. The molecule has 0 aliphatic heterocycles. The van der Waals surface area contributed by atoms with Crippen molar-refractivity contribution in [1.82, 2.24) is 14.9 Å². The first-order valence-corrected chi connectivity index (χ1v) is 8.62. The van der Waals surface area contributed by atoms with Gasteiger partial charge in [-0.1, -0.05) is 70.0 Å². The maximum atomic E-state index is 6.24. The van der Waals surface area contributed by atoms with Crippen LogP contribution in [0.25, 0.3) is 17.5 Å². The van der Waals surface area contributed by atoms with Gasteiger partial charge in [-0.3, -0.25) is 0 Å². The molecule has 3 aromatic rings. The van der Waals surface area contributed by atoms with Crippen molar-refractivity contribution < 1.29 is 0 Å². The fourth-order valence-corrected chi connectivity index (χ4v) is 2.89. The van der Waals surface area contributed by atoms with E-state index >= 15 is 0 Å². The molecule has 1 heterocycles. The molecule has 1 N–H and O–H groups in total. The van der Waals surface area contributed by atoms with E-state index in [0.29, 0.717) is 15.6 Å². The van der Waals surface area contributed by atoms with Crippen molar-refractivity contribution in [2.24, 2.45) is 5.10 Å². The Hall–Kier alpha value is -2.02. The topological polar surface area (TPSA) is 46.0 Å². The summed E-state index contributed by atoms with van der Waals surface area (Å²) in [5.74, 6) is 0.605. The number of hydrogen-bond donors (Lipinski definition) is 1. The highest BCUT2D eigenvalue weighted by molar-refractivity contribution is 9.10. The van der Waals surface area contributed by atoms with Gasteiger partial charge in [-0.25, -0.2) is 5.10 Å². The van der Waals surface area contributed by atoms with E-state index in [-0.39, 0.29) is 0 Å². The number of rotatable bonds is 4. The van der Waals surface area contributed by atoms with Crippen molar-refractivity contribution in [3.05, 3.63) is 74.4 Å². The van der Waals surface area contributed by atoms with E-state index in [4.69, 9.17) is 23.8 Å². The molecule has 0 atom stereocenters. The third-order valence-electron chi connectivity index (χ3n) is 3.17. The van der Waals surface area contributed by atoms with Crippen LogP contribution < -0.4 is 0 Å². The number of aromatic amines is 1. The van der Waals surface area contributed by atoms with E-state index in [1.54, 1.807) is 6.21 Å². The summed E-state index contributed by atoms with van der Waals surface area (Å²) in [4.78, 5) is 0. The molecule has 0 spiro atoms. The predicted molar refractivity (Wildman–Crippen MR) is 105 cm³/mol. The molecule has 0 fully saturated rings. The standard InChI is InChI=1S/C17H12BrClN4S/c18-15-9-5-4-8-14(15)16-21-22-17(24)23(16)20-11-13(19)10-12-6-2-1-3-7-12/h1-11H,(H,22,24)/b13-10+,20-11+. The molecule has 0 radical (unpaired) electrons. The van der Waals surface area contributed by atoms with Crippen LogP contribution in [-0.4, -0.2) is 21.1 Å². The number of hydrogen-bond acceptors (Lipinski definition) is 3. The maximum absolute atomic E-state index is 6.24. The average Bonchev–Trinajstić information content (AvgIpc) is 2.95. The monoisotopic (exact) mass is 418 g/mol. The Balaban J connectivity index is 1.94. The van der Waals surface area contributed by atoms with Gasteiger partial charge in [-0.2, -0.15) is 14.9 Å². The Bertz CT molecular complexity index is 960. The molecule has 3 rings (SSSR count). The van der Waals surface area contributed by atoms with Gasteiger partial charge in [0, 0.05) is 10.0 Å². The first-order valence-electron chi connectivity index (χ1n) is 7.04. The second-order valence-electron chi connectivity index (χ2n) is 4.83. The first kappa shape index (κ1) is 16.8. The smallest absolute Gasteiger partial charge is 0.216 e. The Morgan fingerprint density at radius 1 is 1.17 bits per heavy atom. The van der Waals surface area contributed by atoms with Crippen LogP contribution in [0.1, 0.15) is 5.56 Å². The van der Waals surface area contributed by atoms with Gasteiger partial charge in [0.1, 0.15) is 0 Å². The molecule has 0 saturated heterocycles. The number of H-pyrrole nitrogens is 1. The fourth-order valence-electron chi connectivity index (χ4n) is 2.07. The molecule has 0 unspecified atom stereocenters. The summed E-state index contributed by atoms with van der Waals surface area (Å²) in [7, 11) is 0. The quantitative estimate of drug-likeness (QED) is 0.449. The van der Waals surface area contributed by atoms with Gasteiger partial charge >= 0.3 is 0 Å². The number of allylic oxidation sites excluding steroid dienone is 1. The summed E-state index contributed by atoms with van der Waals surface area (Å²) in [6.07, 6.45) is 3.37.